The van der Waals surface area contributed by atoms with E-state index in [1.165, 1.54) is 32.5 Å². The molecule has 1 fully saturated rings. The molecule has 2 nitrogen and oxygen atoms in total. The highest BCUT2D eigenvalue weighted by molar-refractivity contribution is 4.83. The van der Waals surface area contributed by atoms with Crippen LogP contribution < -0.4 is 10.6 Å². The second-order valence-electron chi connectivity index (χ2n) is 3.84. The molecule has 66 valence electrons. The summed E-state index contributed by atoms with van der Waals surface area (Å²) in [5.41, 5.74) is 0.572. The topological polar surface area (TPSA) is 24.1 Å². The second-order valence-corrected chi connectivity index (χ2v) is 3.84. The van der Waals surface area contributed by atoms with E-state index in [9.17, 15) is 0 Å². The Labute approximate surface area is 69.8 Å². The molecule has 2 N–H and O–H groups in total. The van der Waals surface area contributed by atoms with Gasteiger partial charge in [0, 0.05) is 6.54 Å². The Kier molecular flexibility index (Phi) is 3.34. The lowest BCUT2D eigenvalue weighted by molar-refractivity contribution is 0.328. The van der Waals surface area contributed by atoms with Crippen molar-refractivity contribution >= 4 is 0 Å². The van der Waals surface area contributed by atoms with Crippen LogP contribution >= 0.6 is 0 Å². The van der Waals surface area contributed by atoms with Crippen molar-refractivity contribution < 1.29 is 0 Å². The molecule has 1 saturated heterocycles. The van der Waals surface area contributed by atoms with Gasteiger partial charge in [-0.2, -0.15) is 0 Å². The summed E-state index contributed by atoms with van der Waals surface area (Å²) in [6.45, 7) is 9.23. The third kappa shape index (κ3) is 2.80. The van der Waals surface area contributed by atoms with E-state index < -0.39 is 0 Å². The molecule has 1 aliphatic heterocycles. The Morgan fingerprint density at radius 2 is 2.36 bits per heavy atom. The van der Waals surface area contributed by atoms with Crippen LogP contribution in [-0.2, 0) is 0 Å². The zero-order valence-corrected chi connectivity index (χ0v) is 7.74. The maximum atomic E-state index is 3.41. The molecule has 0 aromatic heterocycles. The predicted octanol–water partition coefficient (Wildman–Crippen LogP) is 0.986. The Balaban J connectivity index is 2.13. The van der Waals surface area contributed by atoms with Gasteiger partial charge in [-0.3, -0.25) is 0 Å². The summed E-state index contributed by atoms with van der Waals surface area (Å²) in [6, 6.07) is 0. The smallest absolute Gasteiger partial charge is 0.000612 e. The number of rotatable bonds is 4. The molecule has 0 aromatic rings. The lowest BCUT2D eigenvalue weighted by atomic mass is 9.86. The zero-order chi connectivity index (χ0) is 8.16. The van der Waals surface area contributed by atoms with Crippen molar-refractivity contribution in [2.24, 2.45) is 5.41 Å². The van der Waals surface area contributed by atoms with Crippen LogP contribution in [0, 0.1) is 5.41 Å². The average molecular weight is 156 g/mol. The molecular formula is C9H20N2. The first kappa shape index (κ1) is 9.01. The van der Waals surface area contributed by atoms with Crippen molar-refractivity contribution in [2.45, 2.75) is 26.7 Å². The van der Waals surface area contributed by atoms with Gasteiger partial charge in [0.2, 0.25) is 0 Å². The molecule has 0 spiro atoms. The van der Waals surface area contributed by atoms with Crippen LogP contribution in [0.5, 0.6) is 0 Å². The molecule has 1 heterocycles. The van der Waals surface area contributed by atoms with E-state index in [2.05, 4.69) is 24.5 Å². The van der Waals surface area contributed by atoms with E-state index in [-0.39, 0.29) is 0 Å². The number of hydrogen-bond acceptors (Lipinski definition) is 2. The summed E-state index contributed by atoms with van der Waals surface area (Å²) in [5.74, 6) is 0. The first-order chi connectivity index (χ1) is 5.27. The molecule has 0 radical (unpaired) electrons. The molecule has 0 aromatic carbocycles. The van der Waals surface area contributed by atoms with Gasteiger partial charge in [0.15, 0.2) is 0 Å². The minimum atomic E-state index is 0.572. The van der Waals surface area contributed by atoms with Crippen molar-refractivity contribution in [3.63, 3.8) is 0 Å². The van der Waals surface area contributed by atoms with Crippen LogP contribution in [0.25, 0.3) is 0 Å². The molecule has 0 saturated carbocycles. The monoisotopic (exact) mass is 156 g/mol. The molecule has 2 heteroatoms. The largest absolute Gasteiger partial charge is 0.317 e. The van der Waals surface area contributed by atoms with Crippen molar-refractivity contribution in [3.05, 3.63) is 0 Å². The third-order valence-corrected chi connectivity index (χ3v) is 2.61. The van der Waals surface area contributed by atoms with Gasteiger partial charge in [0.1, 0.15) is 0 Å². The van der Waals surface area contributed by atoms with Gasteiger partial charge < -0.3 is 10.6 Å². The van der Waals surface area contributed by atoms with Crippen molar-refractivity contribution in [3.8, 4) is 0 Å². The van der Waals surface area contributed by atoms with E-state index in [1.807, 2.05) is 0 Å². The lowest BCUT2D eigenvalue weighted by Gasteiger charge is -2.22. The molecular weight excluding hydrogens is 136 g/mol. The minimum Gasteiger partial charge on any atom is -0.317 e. The van der Waals surface area contributed by atoms with Crippen LogP contribution in [0.1, 0.15) is 26.7 Å². The third-order valence-electron chi connectivity index (χ3n) is 2.61. The van der Waals surface area contributed by atoms with Gasteiger partial charge in [-0.1, -0.05) is 13.8 Å². The standard InChI is InChI=1S/C9H20N2/c1-3-10-6-4-9(2)5-7-11-8-9/h10-11H,3-8H2,1-2H3. The molecule has 11 heavy (non-hydrogen) atoms. The Morgan fingerprint density at radius 1 is 1.55 bits per heavy atom. The summed E-state index contributed by atoms with van der Waals surface area (Å²) in [6.07, 6.45) is 2.66. The van der Waals surface area contributed by atoms with Gasteiger partial charge in [0.25, 0.3) is 0 Å². The summed E-state index contributed by atoms with van der Waals surface area (Å²) in [4.78, 5) is 0. The molecule has 0 bridgehead atoms. The highest BCUT2D eigenvalue weighted by Crippen LogP contribution is 2.27. The molecule has 0 aliphatic carbocycles. The highest BCUT2D eigenvalue weighted by atomic mass is 14.9. The van der Waals surface area contributed by atoms with Gasteiger partial charge in [-0.25, -0.2) is 0 Å². The van der Waals surface area contributed by atoms with Gasteiger partial charge in [-0.15, -0.1) is 0 Å². The van der Waals surface area contributed by atoms with Crippen molar-refractivity contribution in [2.75, 3.05) is 26.2 Å². The van der Waals surface area contributed by atoms with Crippen LogP contribution in [0.3, 0.4) is 0 Å². The Bertz CT molecular complexity index is 106. The first-order valence-electron chi connectivity index (χ1n) is 4.68. The predicted molar refractivity (Wildman–Crippen MR) is 48.8 cm³/mol. The summed E-state index contributed by atoms with van der Waals surface area (Å²) in [7, 11) is 0. The van der Waals surface area contributed by atoms with Crippen LogP contribution in [0.15, 0.2) is 0 Å². The van der Waals surface area contributed by atoms with Crippen LogP contribution in [-0.4, -0.2) is 26.2 Å². The van der Waals surface area contributed by atoms with Crippen molar-refractivity contribution in [1.82, 2.24) is 10.6 Å². The van der Waals surface area contributed by atoms with Gasteiger partial charge in [0.05, 0.1) is 0 Å². The first-order valence-corrected chi connectivity index (χ1v) is 4.68. The van der Waals surface area contributed by atoms with E-state index in [4.69, 9.17) is 0 Å². The van der Waals surface area contributed by atoms with Crippen LogP contribution in [0.4, 0.5) is 0 Å². The molecule has 1 aliphatic rings. The van der Waals surface area contributed by atoms with Crippen LogP contribution in [0.2, 0.25) is 0 Å². The second kappa shape index (κ2) is 4.07. The summed E-state index contributed by atoms with van der Waals surface area (Å²) < 4.78 is 0. The normalized spacial score (nSPS) is 31.1. The minimum absolute atomic E-state index is 0.572. The SMILES string of the molecule is CCNCCC1(C)CCNC1. The molecule has 1 rings (SSSR count). The van der Waals surface area contributed by atoms with Crippen molar-refractivity contribution in [1.29, 1.82) is 0 Å². The highest BCUT2D eigenvalue weighted by Gasteiger charge is 2.27. The number of nitrogens with one attached hydrogen (secondary N) is 2. The Morgan fingerprint density at radius 3 is 2.91 bits per heavy atom. The van der Waals surface area contributed by atoms with Gasteiger partial charge >= 0.3 is 0 Å². The molecule has 1 atom stereocenters. The maximum Gasteiger partial charge on any atom is 0.000612 e. The van der Waals surface area contributed by atoms with E-state index in [1.54, 1.807) is 0 Å². The fraction of sp³-hybridized carbons (Fsp3) is 1.00. The fourth-order valence-corrected chi connectivity index (χ4v) is 1.65. The van der Waals surface area contributed by atoms with Gasteiger partial charge in [-0.05, 0) is 37.9 Å². The molecule has 1 unspecified atom stereocenters. The van der Waals surface area contributed by atoms with E-state index >= 15 is 0 Å². The quantitative estimate of drug-likeness (QED) is 0.593. The zero-order valence-electron chi connectivity index (χ0n) is 7.74. The van der Waals surface area contributed by atoms with E-state index in [0.29, 0.717) is 5.41 Å². The lowest BCUT2D eigenvalue weighted by Crippen LogP contribution is -2.26. The van der Waals surface area contributed by atoms with E-state index in [0.717, 1.165) is 6.54 Å². The summed E-state index contributed by atoms with van der Waals surface area (Å²) >= 11 is 0. The Hall–Kier alpha value is -0.0800. The average Bonchev–Trinajstić information content (AvgIpc) is 2.38. The summed E-state index contributed by atoms with van der Waals surface area (Å²) in [5, 5.41) is 6.78. The maximum absolute atomic E-state index is 3.41. The fourth-order valence-electron chi connectivity index (χ4n) is 1.65. The molecule has 0 amide bonds. The number of hydrogen-bond donors (Lipinski definition) is 2.